The fourth-order valence-corrected chi connectivity index (χ4v) is 1.27. The van der Waals surface area contributed by atoms with E-state index in [0.29, 0.717) is 6.04 Å². The number of anilines is 2. The average Bonchev–Trinajstić information content (AvgIpc) is 2.99. The maximum Gasteiger partial charge on any atom is 0.131 e. The molecular weight excluding hydrogens is 196 g/mol. The van der Waals surface area contributed by atoms with E-state index in [0.717, 1.165) is 23.9 Å². The predicted octanol–water partition coefficient (Wildman–Crippen LogP) is 1.39. The van der Waals surface area contributed by atoms with Crippen LogP contribution in [0, 0.1) is 0 Å². The zero-order valence-electron chi connectivity index (χ0n) is 7.90. The highest BCUT2D eigenvalue weighted by Gasteiger charge is 2.21. The molecule has 0 aromatic carbocycles. The summed E-state index contributed by atoms with van der Waals surface area (Å²) in [5, 5.41) is 6.48. The number of thiol groups is 1. The molecular formula is C9H14N4S. The quantitative estimate of drug-likeness (QED) is 0.643. The molecule has 76 valence electrons. The maximum atomic E-state index is 4.15. The van der Waals surface area contributed by atoms with E-state index in [9.17, 15) is 0 Å². The van der Waals surface area contributed by atoms with E-state index in [1.165, 1.54) is 12.8 Å². The summed E-state index contributed by atoms with van der Waals surface area (Å²) in [6, 6.07) is 2.56. The monoisotopic (exact) mass is 210 g/mol. The molecule has 0 amide bonds. The van der Waals surface area contributed by atoms with Crippen LogP contribution in [0.4, 0.5) is 11.6 Å². The van der Waals surface area contributed by atoms with Crippen LogP contribution in [0.3, 0.4) is 0 Å². The lowest BCUT2D eigenvalue weighted by Crippen LogP contribution is -2.07. The van der Waals surface area contributed by atoms with E-state index in [2.05, 4.69) is 33.2 Å². The van der Waals surface area contributed by atoms with Crippen molar-refractivity contribution in [3.8, 4) is 0 Å². The van der Waals surface area contributed by atoms with Crippen molar-refractivity contribution in [2.75, 3.05) is 22.9 Å². The minimum absolute atomic E-state index is 0.627. The van der Waals surface area contributed by atoms with Gasteiger partial charge in [-0.2, -0.15) is 12.6 Å². The van der Waals surface area contributed by atoms with Crippen LogP contribution in [0.25, 0.3) is 0 Å². The molecule has 1 aromatic rings. The van der Waals surface area contributed by atoms with Crippen LogP contribution in [-0.4, -0.2) is 28.3 Å². The minimum atomic E-state index is 0.627. The summed E-state index contributed by atoms with van der Waals surface area (Å²) in [7, 11) is 0. The molecule has 0 bridgehead atoms. The Hall–Kier alpha value is -0.970. The number of hydrogen-bond acceptors (Lipinski definition) is 5. The van der Waals surface area contributed by atoms with Gasteiger partial charge < -0.3 is 10.6 Å². The SMILES string of the molecule is SCCNc1cc(NC2CC2)ncn1. The molecule has 1 saturated carbocycles. The lowest BCUT2D eigenvalue weighted by molar-refractivity contribution is 1.07. The Bertz CT molecular complexity index is 301. The largest absolute Gasteiger partial charge is 0.369 e. The van der Waals surface area contributed by atoms with Gasteiger partial charge in [0.25, 0.3) is 0 Å². The van der Waals surface area contributed by atoms with Crippen molar-refractivity contribution >= 4 is 24.3 Å². The molecule has 0 radical (unpaired) electrons. The van der Waals surface area contributed by atoms with Gasteiger partial charge in [-0.3, -0.25) is 0 Å². The van der Waals surface area contributed by atoms with Gasteiger partial charge >= 0.3 is 0 Å². The van der Waals surface area contributed by atoms with E-state index in [4.69, 9.17) is 0 Å². The van der Waals surface area contributed by atoms with Crippen LogP contribution in [-0.2, 0) is 0 Å². The van der Waals surface area contributed by atoms with Crippen LogP contribution in [0.2, 0.25) is 0 Å². The summed E-state index contributed by atoms with van der Waals surface area (Å²) in [6.45, 7) is 0.822. The molecule has 1 aliphatic rings. The number of hydrogen-bond donors (Lipinski definition) is 3. The van der Waals surface area contributed by atoms with Crippen molar-refractivity contribution in [1.29, 1.82) is 0 Å². The van der Waals surface area contributed by atoms with Gasteiger partial charge in [0.2, 0.25) is 0 Å². The molecule has 0 aliphatic heterocycles. The van der Waals surface area contributed by atoms with Gasteiger partial charge in [-0.05, 0) is 12.8 Å². The van der Waals surface area contributed by atoms with Gasteiger partial charge in [0.1, 0.15) is 18.0 Å². The Labute approximate surface area is 88.9 Å². The predicted molar refractivity (Wildman–Crippen MR) is 61.0 cm³/mol. The van der Waals surface area contributed by atoms with Crippen molar-refractivity contribution in [1.82, 2.24) is 9.97 Å². The zero-order chi connectivity index (χ0) is 9.80. The molecule has 4 nitrogen and oxygen atoms in total. The molecule has 2 N–H and O–H groups in total. The summed E-state index contributed by atoms with van der Waals surface area (Å²) in [5.74, 6) is 2.57. The zero-order valence-corrected chi connectivity index (χ0v) is 8.80. The molecule has 1 fully saturated rings. The standard InChI is InChI=1S/C9H14N4S/c14-4-3-10-8-5-9(12-6-11-8)13-7-1-2-7/h5-7,14H,1-4H2,(H2,10,11,12,13). The highest BCUT2D eigenvalue weighted by Crippen LogP contribution is 2.23. The summed E-state index contributed by atoms with van der Waals surface area (Å²) in [5.41, 5.74) is 0. The second-order valence-corrected chi connectivity index (χ2v) is 3.80. The molecule has 1 heterocycles. The minimum Gasteiger partial charge on any atom is -0.369 e. The third kappa shape index (κ3) is 2.77. The topological polar surface area (TPSA) is 49.8 Å². The highest BCUT2D eigenvalue weighted by molar-refractivity contribution is 7.80. The molecule has 0 atom stereocenters. The Kier molecular flexibility index (Phi) is 3.08. The normalized spacial score (nSPS) is 15.2. The summed E-state index contributed by atoms with van der Waals surface area (Å²) >= 11 is 4.12. The lowest BCUT2D eigenvalue weighted by Gasteiger charge is -2.06. The second-order valence-electron chi connectivity index (χ2n) is 3.36. The van der Waals surface area contributed by atoms with Gasteiger partial charge in [-0.1, -0.05) is 0 Å². The van der Waals surface area contributed by atoms with Crippen LogP contribution in [0.15, 0.2) is 12.4 Å². The molecule has 0 saturated heterocycles. The third-order valence-corrected chi connectivity index (χ3v) is 2.24. The van der Waals surface area contributed by atoms with Gasteiger partial charge in [-0.15, -0.1) is 0 Å². The number of rotatable bonds is 5. The van der Waals surface area contributed by atoms with Crippen LogP contribution < -0.4 is 10.6 Å². The van der Waals surface area contributed by atoms with Gasteiger partial charge in [0.15, 0.2) is 0 Å². The van der Waals surface area contributed by atoms with Crippen LogP contribution in [0.5, 0.6) is 0 Å². The molecule has 0 spiro atoms. The van der Waals surface area contributed by atoms with E-state index in [1.54, 1.807) is 6.33 Å². The molecule has 2 rings (SSSR count). The number of nitrogens with zero attached hydrogens (tertiary/aromatic N) is 2. The van der Waals surface area contributed by atoms with Crippen molar-refractivity contribution in [2.24, 2.45) is 0 Å². The van der Waals surface area contributed by atoms with Crippen molar-refractivity contribution in [2.45, 2.75) is 18.9 Å². The Morgan fingerprint density at radius 2 is 2.14 bits per heavy atom. The average molecular weight is 210 g/mol. The Morgan fingerprint density at radius 1 is 1.36 bits per heavy atom. The van der Waals surface area contributed by atoms with E-state index >= 15 is 0 Å². The van der Waals surface area contributed by atoms with Crippen molar-refractivity contribution < 1.29 is 0 Å². The highest BCUT2D eigenvalue weighted by atomic mass is 32.1. The van der Waals surface area contributed by atoms with Crippen LogP contribution >= 0.6 is 12.6 Å². The van der Waals surface area contributed by atoms with E-state index in [-0.39, 0.29) is 0 Å². The molecule has 0 unspecified atom stereocenters. The van der Waals surface area contributed by atoms with Gasteiger partial charge in [0.05, 0.1) is 0 Å². The molecule has 14 heavy (non-hydrogen) atoms. The molecule has 5 heteroatoms. The Balaban J connectivity index is 1.94. The van der Waals surface area contributed by atoms with E-state index in [1.807, 2.05) is 6.07 Å². The van der Waals surface area contributed by atoms with Crippen LogP contribution in [0.1, 0.15) is 12.8 Å². The fourth-order valence-electron chi connectivity index (χ4n) is 1.15. The van der Waals surface area contributed by atoms with Crippen molar-refractivity contribution in [3.63, 3.8) is 0 Å². The first-order valence-corrected chi connectivity index (χ1v) is 5.45. The lowest BCUT2D eigenvalue weighted by atomic mass is 10.5. The second kappa shape index (κ2) is 4.50. The first-order chi connectivity index (χ1) is 6.88. The van der Waals surface area contributed by atoms with Gasteiger partial charge in [-0.25, -0.2) is 9.97 Å². The third-order valence-electron chi connectivity index (χ3n) is 2.01. The summed E-state index contributed by atoms with van der Waals surface area (Å²) in [6.07, 6.45) is 4.08. The molecule has 1 aromatic heterocycles. The van der Waals surface area contributed by atoms with Crippen molar-refractivity contribution in [3.05, 3.63) is 12.4 Å². The maximum absolute atomic E-state index is 4.15. The smallest absolute Gasteiger partial charge is 0.131 e. The molecule has 1 aliphatic carbocycles. The van der Waals surface area contributed by atoms with E-state index < -0.39 is 0 Å². The number of nitrogens with one attached hydrogen (secondary N) is 2. The first-order valence-electron chi connectivity index (χ1n) is 4.82. The summed E-state index contributed by atoms with van der Waals surface area (Å²) < 4.78 is 0. The first kappa shape index (κ1) is 9.58. The Morgan fingerprint density at radius 3 is 2.86 bits per heavy atom. The summed E-state index contributed by atoms with van der Waals surface area (Å²) in [4.78, 5) is 8.25. The van der Waals surface area contributed by atoms with Gasteiger partial charge in [0, 0.05) is 24.4 Å². The number of aromatic nitrogens is 2. The fraction of sp³-hybridized carbons (Fsp3) is 0.556.